The molecule has 1 aromatic carbocycles. The molecule has 1 amide bonds. The standard InChI is InChI=1S/C10H11Cl2NO3/c1-2-10(15,16-9(13)14)6-4-3-5-7(11)8(6)12/h3-5,15H,2H2,1H3,(H2,13,14). The third kappa shape index (κ3) is 2.58. The van der Waals surface area contributed by atoms with E-state index in [2.05, 4.69) is 4.74 Å². The topological polar surface area (TPSA) is 72.6 Å². The zero-order valence-corrected chi connectivity index (χ0v) is 10.0. The van der Waals surface area contributed by atoms with E-state index in [4.69, 9.17) is 28.9 Å². The third-order valence-electron chi connectivity index (χ3n) is 2.12. The lowest BCUT2D eigenvalue weighted by molar-refractivity contribution is -0.169. The highest BCUT2D eigenvalue weighted by molar-refractivity contribution is 6.42. The SMILES string of the molecule is CCC(O)(OC(N)=O)c1cccc(Cl)c1Cl. The Balaban J connectivity index is 3.22. The number of carbonyl (C=O) groups is 1. The first-order valence-electron chi connectivity index (χ1n) is 4.56. The van der Waals surface area contributed by atoms with E-state index in [1.54, 1.807) is 19.1 Å². The van der Waals surface area contributed by atoms with Gasteiger partial charge in [-0.15, -0.1) is 0 Å². The zero-order valence-electron chi connectivity index (χ0n) is 8.54. The molecule has 6 heteroatoms. The van der Waals surface area contributed by atoms with Gasteiger partial charge in [-0.1, -0.05) is 42.3 Å². The Morgan fingerprint density at radius 2 is 2.19 bits per heavy atom. The number of nitrogens with two attached hydrogens (primary N) is 1. The molecule has 88 valence electrons. The van der Waals surface area contributed by atoms with E-state index in [9.17, 15) is 9.90 Å². The molecule has 0 aromatic heterocycles. The molecule has 0 saturated carbocycles. The number of hydrogen-bond acceptors (Lipinski definition) is 3. The van der Waals surface area contributed by atoms with Crippen LogP contribution in [-0.4, -0.2) is 11.2 Å². The molecule has 1 atom stereocenters. The van der Waals surface area contributed by atoms with E-state index in [0.717, 1.165) is 0 Å². The number of aliphatic hydroxyl groups is 1. The molecule has 0 radical (unpaired) electrons. The number of halogens is 2. The van der Waals surface area contributed by atoms with Crippen LogP contribution in [0.1, 0.15) is 18.9 Å². The predicted octanol–water partition coefficient (Wildman–Crippen LogP) is 2.64. The molecule has 0 fully saturated rings. The number of hydrogen-bond donors (Lipinski definition) is 2. The Hall–Kier alpha value is -0.970. The van der Waals surface area contributed by atoms with Crippen molar-refractivity contribution in [1.29, 1.82) is 0 Å². The van der Waals surface area contributed by atoms with Gasteiger partial charge in [0.1, 0.15) is 0 Å². The fraction of sp³-hybridized carbons (Fsp3) is 0.300. The van der Waals surface area contributed by atoms with E-state index >= 15 is 0 Å². The number of ether oxygens (including phenoxy) is 1. The summed E-state index contributed by atoms with van der Waals surface area (Å²) in [6.45, 7) is 1.63. The van der Waals surface area contributed by atoms with Crippen LogP contribution in [0.2, 0.25) is 10.0 Å². The van der Waals surface area contributed by atoms with E-state index in [0.29, 0.717) is 0 Å². The van der Waals surface area contributed by atoms with Crippen molar-refractivity contribution in [1.82, 2.24) is 0 Å². The highest BCUT2D eigenvalue weighted by Crippen LogP contribution is 2.35. The van der Waals surface area contributed by atoms with Crippen molar-refractivity contribution < 1.29 is 14.6 Å². The third-order valence-corrected chi connectivity index (χ3v) is 2.94. The Morgan fingerprint density at radius 1 is 1.56 bits per heavy atom. The van der Waals surface area contributed by atoms with Gasteiger partial charge in [0.2, 0.25) is 5.79 Å². The molecule has 1 rings (SSSR count). The van der Waals surface area contributed by atoms with Gasteiger partial charge in [-0.3, -0.25) is 0 Å². The Kier molecular flexibility index (Phi) is 4.02. The van der Waals surface area contributed by atoms with E-state index in [-0.39, 0.29) is 22.0 Å². The molecule has 4 nitrogen and oxygen atoms in total. The van der Waals surface area contributed by atoms with Gasteiger partial charge in [0.05, 0.1) is 10.0 Å². The van der Waals surface area contributed by atoms with Crippen LogP contribution in [0.4, 0.5) is 4.79 Å². The maximum atomic E-state index is 10.7. The van der Waals surface area contributed by atoms with E-state index < -0.39 is 11.9 Å². The molecule has 0 saturated heterocycles. The van der Waals surface area contributed by atoms with E-state index in [1.807, 2.05) is 0 Å². The normalized spacial score (nSPS) is 14.2. The molecular formula is C10H11Cl2NO3. The Bertz CT molecular complexity index is 411. The summed E-state index contributed by atoms with van der Waals surface area (Å²) in [5.41, 5.74) is 5.09. The molecular weight excluding hydrogens is 253 g/mol. The van der Waals surface area contributed by atoms with Crippen molar-refractivity contribution in [3.05, 3.63) is 33.8 Å². The van der Waals surface area contributed by atoms with Gasteiger partial charge in [-0.2, -0.15) is 0 Å². The molecule has 0 aliphatic rings. The molecule has 3 N–H and O–H groups in total. The molecule has 1 aromatic rings. The van der Waals surface area contributed by atoms with Gasteiger partial charge in [0.25, 0.3) is 0 Å². The van der Waals surface area contributed by atoms with Crippen LogP contribution in [0.25, 0.3) is 0 Å². The molecule has 0 spiro atoms. The Labute approximate surface area is 103 Å². The second kappa shape index (κ2) is 4.91. The summed E-state index contributed by atoms with van der Waals surface area (Å²) in [6.07, 6.45) is -0.976. The van der Waals surface area contributed by atoms with Gasteiger partial charge in [-0.05, 0) is 6.07 Å². The number of benzene rings is 1. The maximum absolute atomic E-state index is 10.7. The van der Waals surface area contributed by atoms with Crippen molar-refractivity contribution >= 4 is 29.3 Å². The van der Waals surface area contributed by atoms with Gasteiger partial charge in [0, 0.05) is 12.0 Å². The fourth-order valence-electron chi connectivity index (χ4n) is 1.29. The lowest BCUT2D eigenvalue weighted by Crippen LogP contribution is -2.34. The van der Waals surface area contributed by atoms with Crippen LogP contribution in [0.3, 0.4) is 0 Å². The summed E-state index contributed by atoms with van der Waals surface area (Å²) >= 11 is 11.7. The van der Waals surface area contributed by atoms with Crippen LogP contribution in [0.15, 0.2) is 18.2 Å². The molecule has 0 aliphatic heterocycles. The molecule has 1 unspecified atom stereocenters. The van der Waals surface area contributed by atoms with Gasteiger partial charge >= 0.3 is 6.09 Å². The molecule has 0 aliphatic carbocycles. The Morgan fingerprint density at radius 3 is 2.69 bits per heavy atom. The summed E-state index contributed by atoms with van der Waals surface area (Å²) in [5, 5.41) is 10.5. The maximum Gasteiger partial charge on any atom is 0.407 e. The summed E-state index contributed by atoms with van der Waals surface area (Å²) in [7, 11) is 0. The monoisotopic (exact) mass is 263 g/mol. The summed E-state index contributed by atoms with van der Waals surface area (Å²) < 4.78 is 4.66. The zero-order chi connectivity index (χ0) is 12.3. The minimum absolute atomic E-state index is 0.107. The summed E-state index contributed by atoms with van der Waals surface area (Å²) in [6, 6.07) is 4.67. The molecule has 16 heavy (non-hydrogen) atoms. The van der Waals surface area contributed by atoms with Crippen LogP contribution >= 0.6 is 23.2 Å². The van der Waals surface area contributed by atoms with Crippen molar-refractivity contribution in [2.24, 2.45) is 5.73 Å². The highest BCUT2D eigenvalue weighted by Gasteiger charge is 2.33. The summed E-state index contributed by atoms with van der Waals surface area (Å²) in [5.74, 6) is -1.85. The van der Waals surface area contributed by atoms with Gasteiger partial charge in [-0.25, -0.2) is 4.79 Å². The average molecular weight is 264 g/mol. The van der Waals surface area contributed by atoms with Crippen molar-refractivity contribution in [2.45, 2.75) is 19.1 Å². The van der Waals surface area contributed by atoms with Crippen LogP contribution < -0.4 is 5.73 Å². The average Bonchev–Trinajstić information content (AvgIpc) is 2.21. The first kappa shape index (κ1) is 13.1. The second-order valence-corrected chi connectivity index (χ2v) is 3.95. The lowest BCUT2D eigenvalue weighted by Gasteiger charge is -2.27. The number of carbonyl (C=O) groups excluding carboxylic acids is 1. The highest BCUT2D eigenvalue weighted by atomic mass is 35.5. The molecule has 0 heterocycles. The van der Waals surface area contributed by atoms with Crippen LogP contribution in [0.5, 0.6) is 0 Å². The van der Waals surface area contributed by atoms with Crippen molar-refractivity contribution in [3.8, 4) is 0 Å². The molecule has 0 bridgehead atoms. The van der Waals surface area contributed by atoms with E-state index in [1.165, 1.54) is 6.07 Å². The van der Waals surface area contributed by atoms with Gasteiger partial charge < -0.3 is 15.6 Å². The predicted molar refractivity (Wildman–Crippen MR) is 61.3 cm³/mol. The van der Waals surface area contributed by atoms with Crippen LogP contribution in [-0.2, 0) is 10.5 Å². The number of primary amides is 1. The van der Waals surface area contributed by atoms with Crippen molar-refractivity contribution in [3.63, 3.8) is 0 Å². The first-order chi connectivity index (χ1) is 7.40. The largest absolute Gasteiger partial charge is 0.413 e. The minimum Gasteiger partial charge on any atom is -0.413 e. The van der Waals surface area contributed by atoms with Crippen molar-refractivity contribution in [2.75, 3.05) is 0 Å². The summed E-state index contributed by atoms with van der Waals surface area (Å²) in [4.78, 5) is 10.7. The smallest absolute Gasteiger partial charge is 0.407 e. The second-order valence-electron chi connectivity index (χ2n) is 3.16. The quantitative estimate of drug-likeness (QED) is 0.824. The number of amides is 1. The fourth-order valence-corrected chi connectivity index (χ4v) is 1.74. The van der Waals surface area contributed by atoms with Crippen LogP contribution in [0, 0.1) is 0 Å². The lowest BCUT2D eigenvalue weighted by atomic mass is 10.0. The first-order valence-corrected chi connectivity index (χ1v) is 5.31. The number of rotatable bonds is 3. The van der Waals surface area contributed by atoms with Gasteiger partial charge in [0.15, 0.2) is 0 Å². The minimum atomic E-state index is -1.85.